The van der Waals surface area contributed by atoms with E-state index in [1.807, 2.05) is 0 Å². The fourth-order valence-electron chi connectivity index (χ4n) is 2.62. The van der Waals surface area contributed by atoms with E-state index in [4.69, 9.17) is 0 Å². The Balaban J connectivity index is 1.64. The van der Waals surface area contributed by atoms with Crippen molar-refractivity contribution in [2.24, 2.45) is 0 Å². The van der Waals surface area contributed by atoms with Crippen LogP contribution >= 0.6 is 11.5 Å². The van der Waals surface area contributed by atoms with Gasteiger partial charge in [0.15, 0.2) is 0 Å². The summed E-state index contributed by atoms with van der Waals surface area (Å²) in [5.74, 6) is 0.956. The standard InChI is InChI=1S/C15H20N4S/c1-2-5-14-18-15(20-19-14)17-10-13-12-7-4-3-6-11(12)8-9-16-13/h3-4,6-7,13,16H,2,5,8-10H2,1H3,(H,17,18,19). The first-order valence-electron chi connectivity index (χ1n) is 7.24. The van der Waals surface area contributed by atoms with E-state index in [2.05, 4.69) is 51.2 Å². The lowest BCUT2D eigenvalue weighted by molar-refractivity contribution is 0.523. The van der Waals surface area contributed by atoms with E-state index in [-0.39, 0.29) is 0 Å². The maximum absolute atomic E-state index is 4.51. The SMILES string of the molecule is CCCc1nsc(NCC2NCCc3ccccc32)n1. The minimum Gasteiger partial charge on any atom is -0.358 e. The van der Waals surface area contributed by atoms with Crippen molar-refractivity contribution in [2.45, 2.75) is 32.2 Å². The van der Waals surface area contributed by atoms with Crippen LogP contribution in [-0.4, -0.2) is 22.4 Å². The maximum Gasteiger partial charge on any atom is 0.202 e. The average molecular weight is 288 g/mol. The number of benzene rings is 1. The zero-order valence-corrected chi connectivity index (χ0v) is 12.5. The predicted octanol–water partition coefficient (Wildman–Crippen LogP) is 2.79. The zero-order valence-electron chi connectivity index (χ0n) is 11.7. The molecule has 2 heterocycles. The molecule has 1 atom stereocenters. The van der Waals surface area contributed by atoms with Crippen LogP contribution in [0.2, 0.25) is 0 Å². The molecule has 0 saturated carbocycles. The number of aryl methyl sites for hydroxylation is 1. The summed E-state index contributed by atoms with van der Waals surface area (Å²) in [6.07, 6.45) is 3.17. The number of hydrogen-bond donors (Lipinski definition) is 2. The van der Waals surface area contributed by atoms with Crippen LogP contribution in [0.3, 0.4) is 0 Å². The highest BCUT2D eigenvalue weighted by Gasteiger charge is 2.19. The fraction of sp³-hybridized carbons (Fsp3) is 0.467. The summed E-state index contributed by atoms with van der Waals surface area (Å²) in [5, 5.41) is 7.92. The molecule has 0 radical (unpaired) electrons. The molecule has 0 fully saturated rings. The van der Waals surface area contributed by atoms with Gasteiger partial charge in [0.25, 0.3) is 0 Å². The van der Waals surface area contributed by atoms with E-state index >= 15 is 0 Å². The second kappa shape index (κ2) is 6.33. The monoisotopic (exact) mass is 288 g/mol. The first-order valence-corrected chi connectivity index (χ1v) is 8.02. The predicted molar refractivity (Wildman–Crippen MR) is 83.3 cm³/mol. The first kappa shape index (κ1) is 13.5. The second-order valence-electron chi connectivity index (χ2n) is 5.10. The van der Waals surface area contributed by atoms with Gasteiger partial charge in [0.1, 0.15) is 5.82 Å². The van der Waals surface area contributed by atoms with Gasteiger partial charge in [-0.1, -0.05) is 31.2 Å². The summed E-state index contributed by atoms with van der Waals surface area (Å²) in [7, 11) is 0. The molecule has 1 unspecified atom stereocenters. The Morgan fingerprint density at radius 1 is 1.40 bits per heavy atom. The van der Waals surface area contributed by atoms with Crippen molar-refractivity contribution < 1.29 is 0 Å². The third-order valence-electron chi connectivity index (χ3n) is 3.61. The Morgan fingerprint density at radius 2 is 2.30 bits per heavy atom. The van der Waals surface area contributed by atoms with E-state index in [1.165, 1.54) is 22.7 Å². The molecule has 0 saturated heterocycles. The molecule has 4 nitrogen and oxygen atoms in total. The Morgan fingerprint density at radius 3 is 3.20 bits per heavy atom. The molecule has 1 aliphatic heterocycles. The van der Waals surface area contributed by atoms with Gasteiger partial charge in [-0.15, -0.1) is 0 Å². The van der Waals surface area contributed by atoms with E-state index in [9.17, 15) is 0 Å². The molecule has 3 rings (SSSR count). The van der Waals surface area contributed by atoms with Gasteiger partial charge >= 0.3 is 0 Å². The van der Waals surface area contributed by atoms with E-state index in [0.717, 1.165) is 43.3 Å². The quantitative estimate of drug-likeness (QED) is 0.888. The van der Waals surface area contributed by atoms with Gasteiger partial charge in [0.2, 0.25) is 5.13 Å². The van der Waals surface area contributed by atoms with Gasteiger partial charge in [-0.3, -0.25) is 0 Å². The molecule has 0 spiro atoms. The minimum atomic E-state index is 0.360. The van der Waals surface area contributed by atoms with Crippen molar-refractivity contribution in [3.63, 3.8) is 0 Å². The number of nitrogens with zero attached hydrogens (tertiary/aromatic N) is 2. The van der Waals surface area contributed by atoms with Gasteiger partial charge in [-0.05, 0) is 30.5 Å². The molecule has 1 aromatic carbocycles. The molecule has 20 heavy (non-hydrogen) atoms. The summed E-state index contributed by atoms with van der Waals surface area (Å²) < 4.78 is 4.36. The van der Waals surface area contributed by atoms with Crippen molar-refractivity contribution in [1.82, 2.24) is 14.7 Å². The average Bonchev–Trinajstić information content (AvgIpc) is 2.93. The Kier molecular flexibility index (Phi) is 4.28. The largest absolute Gasteiger partial charge is 0.358 e. The highest BCUT2D eigenvalue weighted by molar-refractivity contribution is 7.09. The van der Waals surface area contributed by atoms with E-state index in [0.29, 0.717) is 6.04 Å². The summed E-state index contributed by atoms with van der Waals surface area (Å²) in [4.78, 5) is 4.51. The van der Waals surface area contributed by atoms with Gasteiger partial charge < -0.3 is 10.6 Å². The van der Waals surface area contributed by atoms with Crippen molar-refractivity contribution >= 4 is 16.7 Å². The molecule has 1 aliphatic rings. The zero-order chi connectivity index (χ0) is 13.8. The molecular weight excluding hydrogens is 268 g/mol. The Bertz CT molecular complexity index is 567. The number of aromatic nitrogens is 2. The molecular formula is C15H20N4S. The molecule has 0 amide bonds. The number of anilines is 1. The topological polar surface area (TPSA) is 49.8 Å². The van der Waals surface area contributed by atoms with E-state index < -0.39 is 0 Å². The lowest BCUT2D eigenvalue weighted by atomic mass is 9.94. The van der Waals surface area contributed by atoms with Crippen LogP contribution in [0.4, 0.5) is 5.13 Å². The summed E-state index contributed by atoms with van der Waals surface area (Å²) in [5.41, 5.74) is 2.87. The van der Waals surface area contributed by atoms with Crippen LogP contribution < -0.4 is 10.6 Å². The van der Waals surface area contributed by atoms with Crippen LogP contribution in [-0.2, 0) is 12.8 Å². The first-order chi connectivity index (χ1) is 9.86. The Labute approximate surface area is 123 Å². The third-order valence-corrected chi connectivity index (χ3v) is 4.33. The molecule has 5 heteroatoms. The fourth-order valence-corrected chi connectivity index (χ4v) is 3.23. The second-order valence-corrected chi connectivity index (χ2v) is 5.85. The Hall–Kier alpha value is -1.46. The molecule has 2 N–H and O–H groups in total. The van der Waals surface area contributed by atoms with Crippen LogP contribution in [0.5, 0.6) is 0 Å². The summed E-state index contributed by atoms with van der Waals surface area (Å²) in [6.45, 7) is 4.05. The summed E-state index contributed by atoms with van der Waals surface area (Å²) in [6, 6.07) is 9.04. The van der Waals surface area contributed by atoms with Crippen molar-refractivity contribution in [3.8, 4) is 0 Å². The number of nitrogens with one attached hydrogen (secondary N) is 2. The molecule has 0 aliphatic carbocycles. The lowest BCUT2D eigenvalue weighted by Gasteiger charge is -2.26. The van der Waals surface area contributed by atoms with Crippen LogP contribution in [0.15, 0.2) is 24.3 Å². The van der Waals surface area contributed by atoms with Gasteiger partial charge in [0.05, 0.1) is 0 Å². The van der Waals surface area contributed by atoms with Crippen molar-refractivity contribution in [2.75, 3.05) is 18.4 Å². The van der Waals surface area contributed by atoms with Gasteiger partial charge in [-0.2, -0.15) is 4.37 Å². The highest BCUT2D eigenvalue weighted by Crippen LogP contribution is 2.23. The maximum atomic E-state index is 4.51. The van der Waals surface area contributed by atoms with Crippen LogP contribution in [0.25, 0.3) is 0 Å². The van der Waals surface area contributed by atoms with Crippen LogP contribution in [0.1, 0.15) is 36.3 Å². The van der Waals surface area contributed by atoms with Gasteiger partial charge in [0, 0.05) is 30.5 Å². The highest BCUT2D eigenvalue weighted by atomic mass is 32.1. The normalized spacial score (nSPS) is 17.8. The number of rotatable bonds is 5. The van der Waals surface area contributed by atoms with Crippen LogP contribution in [0, 0.1) is 0 Å². The van der Waals surface area contributed by atoms with E-state index in [1.54, 1.807) is 0 Å². The van der Waals surface area contributed by atoms with Crippen molar-refractivity contribution in [3.05, 3.63) is 41.2 Å². The minimum absolute atomic E-state index is 0.360. The van der Waals surface area contributed by atoms with Crippen molar-refractivity contribution in [1.29, 1.82) is 0 Å². The molecule has 1 aromatic heterocycles. The number of fused-ring (bicyclic) bond motifs is 1. The van der Waals surface area contributed by atoms with Gasteiger partial charge in [-0.25, -0.2) is 4.98 Å². The third kappa shape index (κ3) is 2.99. The number of hydrogen-bond acceptors (Lipinski definition) is 5. The molecule has 0 bridgehead atoms. The molecule has 106 valence electrons. The molecule has 2 aromatic rings. The summed E-state index contributed by atoms with van der Waals surface area (Å²) >= 11 is 1.46. The lowest BCUT2D eigenvalue weighted by Crippen LogP contribution is -2.34. The smallest absolute Gasteiger partial charge is 0.202 e.